The van der Waals surface area contributed by atoms with Crippen molar-refractivity contribution in [3.63, 3.8) is 0 Å². The summed E-state index contributed by atoms with van der Waals surface area (Å²) in [5.41, 5.74) is 1.85. The zero-order valence-electron chi connectivity index (χ0n) is 8.22. The Labute approximate surface area is 87.9 Å². The standard InChI is InChI=1S/C11H12N4/c12-15-10(8-11-13-6-7-14-11)9-4-2-1-3-5-9/h1-7H,8,12H2,(H,13,14)/b15-10-. The van der Waals surface area contributed by atoms with Gasteiger partial charge in [-0.05, 0) is 5.56 Å². The molecule has 0 radical (unpaired) electrons. The van der Waals surface area contributed by atoms with Crippen LogP contribution in [0.4, 0.5) is 0 Å². The number of hydrazone groups is 1. The third-order valence-corrected chi connectivity index (χ3v) is 2.15. The van der Waals surface area contributed by atoms with E-state index in [4.69, 9.17) is 5.84 Å². The van der Waals surface area contributed by atoms with Gasteiger partial charge in [-0.2, -0.15) is 5.10 Å². The second kappa shape index (κ2) is 4.41. The Bertz CT molecular complexity index is 431. The molecule has 3 N–H and O–H groups in total. The number of aromatic nitrogens is 2. The zero-order chi connectivity index (χ0) is 10.5. The lowest BCUT2D eigenvalue weighted by atomic mass is 10.1. The summed E-state index contributed by atoms with van der Waals surface area (Å²) in [7, 11) is 0. The SMILES string of the molecule is N/N=C(/Cc1ncc[nH]1)c1ccccc1. The molecular formula is C11H12N4. The lowest BCUT2D eigenvalue weighted by Gasteiger charge is -2.02. The van der Waals surface area contributed by atoms with Crippen LogP contribution in [0.5, 0.6) is 0 Å². The Kier molecular flexibility index (Phi) is 2.78. The number of hydrogen-bond acceptors (Lipinski definition) is 3. The van der Waals surface area contributed by atoms with Crippen LogP contribution >= 0.6 is 0 Å². The quantitative estimate of drug-likeness (QED) is 0.445. The molecule has 0 amide bonds. The summed E-state index contributed by atoms with van der Waals surface area (Å²) in [6.07, 6.45) is 4.12. The molecule has 0 unspecified atom stereocenters. The second-order valence-electron chi connectivity index (χ2n) is 3.15. The Morgan fingerprint density at radius 2 is 2.13 bits per heavy atom. The lowest BCUT2D eigenvalue weighted by Crippen LogP contribution is -2.09. The van der Waals surface area contributed by atoms with Crippen LogP contribution in [0.1, 0.15) is 11.4 Å². The van der Waals surface area contributed by atoms with Gasteiger partial charge in [0.15, 0.2) is 0 Å². The van der Waals surface area contributed by atoms with Gasteiger partial charge in [0, 0.05) is 12.4 Å². The molecule has 0 aliphatic carbocycles. The number of imidazole rings is 1. The van der Waals surface area contributed by atoms with Crippen molar-refractivity contribution in [3.8, 4) is 0 Å². The van der Waals surface area contributed by atoms with Crippen molar-refractivity contribution in [1.82, 2.24) is 9.97 Å². The van der Waals surface area contributed by atoms with Crippen LogP contribution in [0.15, 0.2) is 47.8 Å². The largest absolute Gasteiger partial charge is 0.348 e. The fourth-order valence-corrected chi connectivity index (χ4v) is 1.41. The maximum atomic E-state index is 5.37. The summed E-state index contributed by atoms with van der Waals surface area (Å²) in [6, 6.07) is 9.85. The molecule has 0 spiro atoms. The van der Waals surface area contributed by atoms with Crippen molar-refractivity contribution in [1.29, 1.82) is 0 Å². The molecule has 4 nitrogen and oxygen atoms in total. The topological polar surface area (TPSA) is 67.1 Å². The van der Waals surface area contributed by atoms with Crippen molar-refractivity contribution in [2.45, 2.75) is 6.42 Å². The van der Waals surface area contributed by atoms with E-state index >= 15 is 0 Å². The fraction of sp³-hybridized carbons (Fsp3) is 0.0909. The van der Waals surface area contributed by atoms with Crippen molar-refractivity contribution >= 4 is 5.71 Å². The first-order chi connectivity index (χ1) is 7.40. The molecule has 1 aromatic heterocycles. The van der Waals surface area contributed by atoms with Gasteiger partial charge in [0.25, 0.3) is 0 Å². The molecule has 0 fully saturated rings. The molecule has 0 saturated carbocycles. The van der Waals surface area contributed by atoms with Crippen LogP contribution in [-0.4, -0.2) is 15.7 Å². The summed E-state index contributed by atoms with van der Waals surface area (Å²) >= 11 is 0. The molecule has 0 aliphatic heterocycles. The molecule has 76 valence electrons. The van der Waals surface area contributed by atoms with Gasteiger partial charge in [-0.15, -0.1) is 0 Å². The molecule has 0 bridgehead atoms. The van der Waals surface area contributed by atoms with Crippen LogP contribution in [0.2, 0.25) is 0 Å². The number of H-pyrrole nitrogens is 1. The van der Waals surface area contributed by atoms with Crippen molar-refractivity contribution in [3.05, 3.63) is 54.1 Å². The van der Waals surface area contributed by atoms with Crippen molar-refractivity contribution in [2.24, 2.45) is 10.9 Å². The smallest absolute Gasteiger partial charge is 0.112 e. The summed E-state index contributed by atoms with van der Waals surface area (Å²) in [6.45, 7) is 0. The average Bonchev–Trinajstić information content (AvgIpc) is 2.80. The van der Waals surface area contributed by atoms with Gasteiger partial charge in [-0.25, -0.2) is 4.98 Å². The van der Waals surface area contributed by atoms with E-state index < -0.39 is 0 Å². The molecule has 4 heteroatoms. The first-order valence-electron chi connectivity index (χ1n) is 4.70. The van der Waals surface area contributed by atoms with Crippen molar-refractivity contribution in [2.75, 3.05) is 0 Å². The summed E-state index contributed by atoms with van der Waals surface area (Å²) in [5.74, 6) is 6.23. The minimum atomic E-state index is 0.619. The van der Waals surface area contributed by atoms with E-state index in [0.717, 1.165) is 17.1 Å². The third-order valence-electron chi connectivity index (χ3n) is 2.15. The van der Waals surface area contributed by atoms with Crippen LogP contribution in [0.3, 0.4) is 0 Å². The first kappa shape index (κ1) is 9.45. The zero-order valence-corrected chi connectivity index (χ0v) is 8.22. The molecular weight excluding hydrogens is 188 g/mol. The predicted octanol–water partition coefficient (Wildman–Crippen LogP) is 1.32. The summed E-state index contributed by atoms with van der Waals surface area (Å²) in [4.78, 5) is 7.16. The second-order valence-corrected chi connectivity index (χ2v) is 3.15. The van der Waals surface area contributed by atoms with E-state index in [1.165, 1.54) is 0 Å². The Balaban J connectivity index is 2.20. The maximum absolute atomic E-state index is 5.37. The minimum absolute atomic E-state index is 0.619. The molecule has 1 aromatic carbocycles. The van der Waals surface area contributed by atoms with Gasteiger partial charge in [0.05, 0.1) is 12.1 Å². The Morgan fingerprint density at radius 3 is 2.73 bits per heavy atom. The van der Waals surface area contributed by atoms with Gasteiger partial charge < -0.3 is 10.8 Å². The van der Waals surface area contributed by atoms with E-state index in [1.807, 2.05) is 30.3 Å². The van der Waals surface area contributed by atoms with Gasteiger partial charge in [-0.1, -0.05) is 30.3 Å². The number of hydrogen-bond donors (Lipinski definition) is 2. The molecule has 1 heterocycles. The highest BCUT2D eigenvalue weighted by Gasteiger charge is 2.05. The van der Waals surface area contributed by atoms with Crippen LogP contribution in [0.25, 0.3) is 0 Å². The molecule has 15 heavy (non-hydrogen) atoms. The average molecular weight is 200 g/mol. The van der Waals surface area contributed by atoms with Gasteiger partial charge in [-0.3, -0.25) is 0 Å². The fourth-order valence-electron chi connectivity index (χ4n) is 1.41. The van der Waals surface area contributed by atoms with E-state index in [9.17, 15) is 0 Å². The first-order valence-corrected chi connectivity index (χ1v) is 4.70. The van der Waals surface area contributed by atoms with Crippen molar-refractivity contribution < 1.29 is 0 Å². The lowest BCUT2D eigenvalue weighted by molar-refractivity contribution is 1.07. The maximum Gasteiger partial charge on any atom is 0.112 e. The van der Waals surface area contributed by atoms with Gasteiger partial charge in [0.1, 0.15) is 5.82 Å². The van der Waals surface area contributed by atoms with Gasteiger partial charge in [0.2, 0.25) is 0 Å². The normalized spacial score (nSPS) is 11.6. The number of nitrogens with zero attached hydrogens (tertiary/aromatic N) is 2. The van der Waals surface area contributed by atoms with Crippen LogP contribution < -0.4 is 5.84 Å². The number of aromatic amines is 1. The molecule has 2 aromatic rings. The summed E-state index contributed by atoms with van der Waals surface area (Å²) < 4.78 is 0. The monoisotopic (exact) mass is 200 g/mol. The van der Waals surface area contributed by atoms with E-state index in [0.29, 0.717) is 6.42 Å². The molecule has 0 aliphatic rings. The van der Waals surface area contributed by atoms with E-state index in [1.54, 1.807) is 12.4 Å². The molecule has 0 atom stereocenters. The van der Waals surface area contributed by atoms with Crippen LogP contribution in [-0.2, 0) is 6.42 Å². The van der Waals surface area contributed by atoms with Crippen LogP contribution in [0, 0.1) is 0 Å². The summed E-state index contributed by atoms with van der Waals surface area (Å²) in [5, 5.41) is 3.79. The molecule has 0 saturated heterocycles. The highest BCUT2D eigenvalue weighted by Crippen LogP contribution is 2.04. The predicted molar refractivity (Wildman–Crippen MR) is 59.5 cm³/mol. The Morgan fingerprint density at radius 1 is 1.33 bits per heavy atom. The van der Waals surface area contributed by atoms with Gasteiger partial charge >= 0.3 is 0 Å². The van der Waals surface area contributed by atoms with E-state index in [-0.39, 0.29) is 0 Å². The Hall–Kier alpha value is -2.10. The highest BCUT2D eigenvalue weighted by atomic mass is 15.1. The third kappa shape index (κ3) is 2.22. The minimum Gasteiger partial charge on any atom is -0.348 e. The number of nitrogens with two attached hydrogens (primary N) is 1. The van der Waals surface area contributed by atoms with E-state index in [2.05, 4.69) is 15.1 Å². The highest BCUT2D eigenvalue weighted by molar-refractivity contribution is 6.01. The number of benzene rings is 1. The number of nitrogens with one attached hydrogen (secondary N) is 1. The molecule has 2 rings (SSSR count). The number of rotatable bonds is 3.